The summed E-state index contributed by atoms with van der Waals surface area (Å²) >= 11 is 0. The van der Waals surface area contributed by atoms with Gasteiger partial charge < -0.3 is 39.4 Å². The van der Waals surface area contributed by atoms with Crippen molar-refractivity contribution in [3.63, 3.8) is 0 Å². The molecule has 0 aromatic carbocycles. The lowest BCUT2D eigenvalue weighted by atomic mass is 9.99. The first-order valence-corrected chi connectivity index (χ1v) is 8.61. The highest BCUT2D eigenvalue weighted by atomic mass is 16.7. The Balaban J connectivity index is 2.64. The maximum Gasteiger partial charge on any atom is 0.306 e. The summed E-state index contributed by atoms with van der Waals surface area (Å²) in [5.74, 6) is -0.975. The molecule has 1 aliphatic rings. The molecule has 1 aliphatic heterocycles. The van der Waals surface area contributed by atoms with Crippen LogP contribution >= 0.6 is 0 Å². The van der Waals surface area contributed by atoms with Crippen molar-refractivity contribution in [3.8, 4) is 0 Å². The summed E-state index contributed by atoms with van der Waals surface area (Å²) in [7, 11) is 0. The minimum Gasteiger partial charge on any atom is -0.462 e. The quantitative estimate of drug-likeness (QED) is 0.328. The summed E-state index contributed by atoms with van der Waals surface area (Å²) in [5, 5.41) is 38.5. The molecule has 0 saturated carbocycles. The third-order valence-corrected chi connectivity index (χ3v) is 3.77. The van der Waals surface area contributed by atoms with Crippen LogP contribution in [0, 0.1) is 0 Å². The van der Waals surface area contributed by atoms with Gasteiger partial charge in [-0.1, -0.05) is 13.8 Å². The summed E-state index contributed by atoms with van der Waals surface area (Å²) in [6, 6.07) is 0. The van der Waals surface area contributed by atoms with E-state index < -0.39 is 55.4 Å². The van der Waals surface area contributed by atoms with Gasteiger partial charge in [0.15, 0.2) is 12.4 Å². The van der Waals surface area contributed by atoms with E-state index in [1.165, 1.54) is 0 Å². The second-order valence-electron chi connectivity index (χ2n) is 5.93. The average Bonchev–Trinajstić information content (AvgIpc) is 2.63. The summed E-state index contributed by atoms with van der Waals surface area (Å²) < 4.78 is 20.7. The van der Waals surface area contributed by atoms with E-state index in [1.807, 2.05) is 0 Å². The molecule has 0 aliphatic carbocycles. The number of carbonyl (C=O) groups excluding carboxylic acids is 2. The molecule has 0 spiro atoms. The zero-order valence-electron chi connectivity index (χ0n) is 14.9. The van der Waals surface area contributed by atoms with Gasteiger partial charge in [0.25, 0.3) is 0 Å². The third-order valence-electron chi connectivity index (χ3n) is 3.77. The number of aliphatic hydroxyl groups excluding tert-OH is 4. The standard InChI is InChI=1S/C16H28O10/c1-3-5-12(19)25-9(7-23-11(18)4-2)8-24-16-15(22)14(21)13(20)10(6-17)26-16/h9-10,13-17,20-22H,3-8H2,1-2H3/t9-,10-,13+,14+,15-,16-/m1/s1. The molecule has 1 fully saturated rings. The molecule has 0 aromatic heterocycles. The van der Waals surface area contributed by atoms with E-state index in [9.17, 15) is 24.9 Å². The molecule has 1 heterocycles. The molecule has 1 saturated heterocycles. The number of hydrogen-bond donors (Lipinski definition) is 4. The second-order valence-corrected chi connectivity index (χ2v) is 5.93. The van der Waals surface area contributed by atoms with Gasteiger partial charge in [-0.15, -0.1) is 0 Å². The number of carbonyl (C=O) groups is 2. The van der Waals surface area contributed by atoms with Crippen LogP contribution in [0.15, 0.2) is 0 Å². The largest absolute Gasteiger partial charge is 0.462 e. The minimum absolute atomic E-state index is 0.156. The lowest BCUT2D eigenvalue weighted by Crippen LogP contribution is -2.59. The highest BCUT2D eigenvalue weighted by Gasteiger charge is 2.44. The lowest BCUT2D eigenvalue weighted by Gasteiger charge is -2.39. The Kier molecular flexibility index (Phi) is 9.99. The van der Waals surface area contributed by atoms with Gasteiger partial charge in [0.1, 0.15) is 31.0 Å². The maximum atomic E-state index is 11.7. The Morgan fingerprint density at radius 3 is 2.31 bits per heavy atom. The fraction of sp³-hybridized carbons (Fsp3) is 0.875. The van der Waals surface area contributed by atoms with Crippen LogP contribution in [-0.2, 0) is 28.5 Å². The van der Waals surface area contributed by atoms with E-state index in [0.29, 0.717) is 6.42 Å². The number of hydrogen-bond acceptors (Lipinski definition) is 10. The van der Waals surface area contributed by atoms with Crippen LogP contribution in [0.1, 0.15) is 33.1 Å². The third kappa shape index (κ3) is 6.78. The van der Waals surface area contributed by atoms with Crippen molar-refractivity contribution < 1.29 is 49.0 Å². The Labute approximate surface area is 151 Å². The van der Waals surface area contributed by atoms with Crippen LogP contribution in [0.5, 0.6) is 0 Å². The molecule has 0 aromatic rings. The molecule has 4 N–H and O–H groups in total. The number of esters is 2. The van der Waals surface area contributed by atoms with Crippen LogP contribution in [-0.4, -0.2) is 89.0 Å². The maximum absolute atomic E-state index is 11.7. The first-order valence-electron chi connectivity index (χ1n) is 8.61. The van der Waals surface area contributed by atoms with Gasteiger partial charge in [-0.3, -0.25) is 9.59 Å². The second kappa shape index (κ2) is 11.4. The summed E-state index contributed by atoms with van der Waals surface area (Å²) in [5.41, 5.74) is 0. The monoisotopic (exact) mass is 380 g/mol. The van der Waals surface area contributed by atoms with Gasteiger partial charge >= 0.3 is 11.9 Å². The van der Waals surface area contributed by atoms with Crippen molar-refractivity contribution in [2.24, 2.45) is 0 Å². The van der Waals surface area contributed by atoms with Crippen LogP contribution in [0.3, 0.4) is 0 Å². The Bertz CT molecular complexity index is 441. The number of rotatable bonds is 10. The first-order chi connectivity index (χ1) is 12.3. The van der Waals surface area contributed by atoms with Gasteiger partial charge in [0, 0.05) is 12.8 Å². The van der Waals surface area contributed by atoms with Crippen molar-refractivity contribution in [1.29, 1.82) is 0 Å². The van der Waals surface area contributed by atoms with Crippen molar-refractivity contribution in [1.82, 2.24) is 0 Å². The van der Waals surface area contributed by atoms with Crippen LogP contribution in [0.25, 0.3) is 0 Å². The molecule has 1 rings (SSSR count). The summed E-state index contributed by atoms with van der Waals surface area (Å²) in [6.07, 6.45) is -7.15. The molecular weight excluding hydrogens is 352 g/mol. The normalized spacial score (nSPS) is 29.8. The number of aliphatic hydroxyl groups is 4. The van der Waals surface area contributed by atoms with Crippen LogP contribution < -0.4 is 0 Å². The van der Waals surface area contributed by atoms with Crippen molar-refractivity contribution >= 4 is 11.9 Å². The van der Waals surface area contributed by atoms with Gasteiger partial charge in [-0.25, -0.2) is 0 Å². The molecule has 10 heteroatoms. The molecule has 152 valence electrons. The van der Waals surface area contributed by atoms with Crippen molar-refractivity contribution in [3.05, 3.63) is 0 Å². The molecule has 26 heavy (non-hydrogen) atoms. The fourth-order valence-electron chi connectivity index (χ4n) is 2.26. The fourth-order valence-corrected chi connectivity index (χ4v) is 2.26. The van der Waals surface area contributed by atoms with E-state index >= 15 is 0 Å². The molecule has 10 nitrogen and oxygen atoms in total. The van der Waals surface area contributed by atoms with E-state index in [-0.39, 0.29) is 26.1 Å². The molecule has 0 unspecified atom stereocenters. The van der Waals surface area contributed by atoms with E-state index in [4.69, 9.17) is 24.1 Å². The predicted octanol–water partition coefficient (Wildman–Crippen LogP) is -1.53. The molecule has 0 radical (unpaired) electrons. The molecule has 0 amide bonds. The van der Waals surface area contributed by atoms with Gasteiger partial charge in [0.05, 0.1) is 13.2 Å². The first kappa shape index (κ1) is 22.7. The topological polar surface area (TPSA) is 152 Å². The van der Waals surface area contributed by atoms with Crippen molar-refractivity contribution in [2.75, 3.05) is 19.8 Å². The Morgan fingerprint density at radius 1 is 1.04 bits per heavy atom. The predicted molar refractivity (Wildman–Crippen MR) is 85.8 cm³/mol. The summed E-state index contributed by atoms with van der Waals surface area (Å²) in [4.78, 5) is 23.0. The highest BCUT2D eigenvalue weighted by molar-refractivity contribution is 5.70. The van der Waals surface area contributed by atoms with E-state index in [0.717, 1.165) is 0 Å². The molecule has 6 atom stereocenters. The van der Waals surface area contributed by atoms with E-state index in [2.05, 4.69) is 0 Å². The zero-order chi connectivity index (χ0) is 19.7. The SMILES string of the molecule is CCCC(=O)O[C@H](COC(=O)CC)CO[C@@H]1O[C@H](CO)[C@H](O)[C@H](O)[C@H]1O. The van der Waals surface area contributed by atoms with Gasteiger partial charge in [-0.2, -0.15) is 0 Å². The minimum atomic E-state index is -1.58. The zero-order valence-corrected chi connectivity index (χ0v) is 14.9. The number of ether oxygens (including phenoxy) is 4. The van der Waals surface area contributed by atoms with Gasteiger partial charge in [-0.05, 0) is 6.42 Å². The summed E-state index contributed by atoms with van der Waals surface area (Å²) in [6.45, 7) is 2.31. The van der Waals surface area contributed by atoms with E-state index in [1.54, 1.807) is 13.8 Å². The lowest BCUT2D eigenvalue weighted by molar-refractivity contribution is -0.305. The molecular formula is C16H28O10. The Morgan fingerprint density at radius 2 is 1.73 bits per heavy atom. The smallest absolute Gasteiger partial charge is 0.306 e. The molecule has 0 bridgehead atoms. The van der Waals surface area contributed by atoms with Crippen LogP contribution in [0.2, 0.25) is 0 Å². The van der Waals surface area contributed by atoms with Gasteiger partial charge in [0.2, 0.25) is 0 Å². The van der Waals surface area contributed by atoms with Crippen molar-refractivity contribution in [2.45, 2.75) is 69.9 Å². The average molecular weight is 380 g/mol. The highest BCUT2D eigenvalue weighted by Crippen LogP contribution is 2.22. The van der Waals surface area contributed by atoms with Crippen LogP contribution in [0.4, 0.5) is 0 Å². The Hall–Kier alpha value is -1.30.